The Kier molecular flexibility index (Phi) is 10.7. The lowest BCUT2D eigenvalue weighted by atomic mass is 9.94. The predicted octanol–water partition coefficient (Wildman–Crippen LogP) is 2.27. The van der Waals surface area contributed by atoms with Gasteiger partial charge < -0.3 is 15.5 Å². The van der Waals surface area contributed by atoms with Crippen LogP contribution in [-0.2, 0) is 0 Å². The third kappa shape index (κ3) is 9.86. The van der Waals surface area contributed by atoms with Gasteiger partial charge in [0.05, 0.1) is 0 Å². The number of hydrogen-bond donors (Lipinski definition) is 1. The van der Waals surface area contributed by atoms with Crippen molar-refractivity contribution < 1.29 is 0 Å². The molecule has 0 amide bonds. The Hall–Kier alpha value is -0.120. The molecule has 0 aromatic heterocycles. The number of hydrogen-bond acceptors (Lipinski definition) is 3. The van der Waals surface area contributed by atoms with Crippen molar-refractivity contribution >= 4 is 0 Å². The zero-order valence-electron chi connectivity index (χ0n) is 13.3. The van der Waals surface area contributed by atoms with E-state index in [9.17, 15) is 0 Å². The minimum atomic E-state index is 0.698. The highest BCUT2D eigenvalue weighted by molar-refractivity contribution is 4.67. The molecule has 0 bridgehead atoms. The average Bonchev–Trinajstić information content (AvgIpc) is 2.30. The van der Waals surface area contributed by atoms with Crippen LogP contribution < -0.4 is 5.73 Å². The molecule has 0 aliphatic carbocycles. The lowest BCUT2D eigenvalue weighted by molar-refractivity contribution is 0.220. The number of likely N-dealkylation sites (N-methyl/N-ethyl adjacent to an activating group) is 1. The van der Waals surface area contributed by atoms with E-state index in [1.54, 1.807) is 0 Å². The summed E-state index contributed by atoms with van der Waals surface area (Å²) in [6.45, 7) is 12.4. The highest BCUT2D eigenvalue weighted by Gasteiger charge is 2.12. The van der Waals surface area contributed by atoms with E-state index in [1.165, 1.54) is 38.9 Å². The second-order valence-electron chi connectivity index (χ2n) is 6.16. The third-order valence-corrected chi connectivity index (χ3v) is 3.39. The Balaban J connectivity index is 3.98. The van der Waals surface area contributed by atoms with E-state index in [-0.39, 0.29) is 0 Å². The third-order valence-electron chi connectivity index (χ3n) is 3.39. The van der Waals surface area contributed by atoms with Crippen LogP contribution in [0.5, 0.6) is 0 Å². The van der Waals surface area contributed by atoms with Gasteiger partial charge in [-0.05, 0) is 64.8 Å². The molecule has 1 atom stereocenters. The van der Waals surface area contributed by atoms with Gasteiger partial charge in [0.1, 0.15) is 0 Å². The molecule has 1 unspecified atom stereocenters. The standard InChI is InChI=1S/C15H35N3/c1-6-8-18(11-10-17(4)5)9-7-15(13-16)12-14(2)3/h14-15H,6-13,16H2,1-5H3. The molecule has 0 saturated carbocycles. The van der Waals surface area contributed by atoms with Crippen LogP contribution in [0.3, 0.4) is 0 Å². The lowest BCUT2D eigenvalue weighted by Crippen LogP contribution is -2.34. The van der Waals surface area contributed by atoms with E-state index >= 15 is 0 Å². The first kappa shape index (κ1) is 17.9. The summed E-state index contributed by atoms with van der Waals surface area (Å²) in [7, 11) is 4.29. The molecule has 0 aliphatic heterocycles. The Morgan fingerprint density at radius 3 is 2.11 bits per heavy atom. The zero-order chi connectivity index (χ0) is 14.0. The summed E-state index contributed by atoms with van der Waals surface area (Å²) in [4.78, 5) is 4.85. The lowest BCUT2D eigenvalue weighted by Gasteiger charge is -2.26. The zero-order valence-corrected chi connectivity index (χ0v) is 13.3. The van der Waals surface area contributed by atoms with Crippen molar-refractivity contribution in [3.63, 3.8) is 0 Å². The van der Waals surface area contributed by atoms with Crippen LogP contribution in [0.15, 0.2) is 0 Å². The van der Waals surface area contributed by atoms with Gasteiger partial charge in [0.2, 0.25) is 0 Å². The first-order chi connectivity index (χ1) is 8.49. The topological polar surface area (TPSA) is 32.5 Å². The van der Waals surface area contributed by atoms with Crippen LogP contribution >= 0.6 is 0 Å². The van der Waals surface area contributed by atoms with Crippen molar-refractivity contribution in [3.05, 3.63) is 0 Å². The van der Waals surface area contributed by atoms with Crippen molar-refractivity contribution in [2.24, 2.45) is 17.6 Å². The van der Waals surface area contributed by atoms with Gasteiger partial charge in [-0.25, -0.2) is 0 Å². The van der Waals surface area contributed by atoms with Crippen molar-refractivity contribution in [3.8, 4) is 0 Å². The molecule has 2 N–H and O–H groups in total. The summed E-state index contributed by atoms with van der Waals surface area (Å²) in [6, 6.07) is 0. The van der Waals surface area contributed by atoms with Crippen molar-refractivity contribution in [1.82, 2.24) is 9.80 Å². The molecular formula is C15H35N3. The molecule has 0 fully saturated rings. The molecule has 0 rings (SSSR count). The first-order valence-corrected chi connectivity index (χ1v) is 7.56. The fourth-order valence-corrected chi connectivity index (χ4v) is 2.36. The van der Waals surface area contributed by atoms with Gasteiger partial charge in [0, 0.05) is 13.1 Å². The second-order valence-corrected chi connectivity index (χ2v) is 6.16. The highest BCUT2D eigenvalue weighted by Crippen LogP contribution is 2.14. The fraction of sp³-hybridized carbons (Fsp3) is 1.00. The van der Waals surface area contributed by atoms with Crippen LogP contribution in [0.1, 0.15) is 40.0 Å². The predicted molar refractivity (Wildman–Crippen MR) is 81.9 cm³/mol. The molecule has 0 aromatic carbocycles. The summed E-state index contributed by atoms with van der Waals surface area (Å²) in [5.41, 5.74) is 5.88. The van der Waals surface area contributed by atoms with E-state index in [1.807, 2.05) is 0 Å². The molecule has 0 spiro atoms. The van der Waals surface area contributed by atoms with Crippen LogP contribution in [0, 0.1) is 11.8 Å². The Bertz CT molecular complexity index is 181. The van der Waals surface area contributed by atoms with E-state index in [2.05, 4.69) is 44.7 Å². The van der Waals surface area contributed by atoms with E-state index < -0.39 is 0 Å². The monoisotopic (exact) mass is 257 g/mol. The van der Waals surface area contributed by atoms with Crippen LogP contribution in [0.2, 0.25) is 0 Å². The normalized spacial score (nSPS) is 13.8. The van der Waals surface area contributed by atoms with Crippen molar-refractivity contribution in [2.75, 3.05) is 46.8 Å². The van der Waals surface area contributed by atoms with Gasteiger partial charge in [-0.1, -0.05) is 20.8 Å². The number of rotatable bonds is 11. The Morgan fingerprint density at radius 1 is 1.00 bits per heavy atom. The minimum absolute atomic E-state index is 0.698. The highest BCUT2D eigenvalue weighted by atomic mass is 15.2. The molecule has 0 aromatic rings. The quantitative estimate of drug-likeness (QED) is 0.616. The Morgan fingerprint density at radius 2 is 1.67 bits per heavy atom. The summed E-state index contributed by atoms with van der Waals surface area (Å²) in [6.07, 6.45) is 3.76. The molecule has 3 heteroatoms. The maximum Gasteiger partial charge on any atom is 0.0109 e. The molecule has 0 aliphatic rings. The maximum absolute atomic E-state index is 5.88. The van der Waals surface area contributed by atoms with Gasteiger partial charge in [-0.15, -0.1) is 0 Å². The maximum atomic E-state index is 5.88. The van der Waals surface area contributed by atoms with E-state index in [4.69, 9.17) is 5.73 Å². The van der Waals surface area contributed by atoms with E-state index in [0.717, 1.165) is 19.0 Å². The van der Waals surface area contributed by atoms with Crippen LogP contribution in [-0.4, -0.2) is 56.6 Å². The first-order valence-electron chi connectivity index (χ1n) is 7.56. The summed E-state index contributed by atoms with van der Waals surface area (Å²) >= 11 is 0. The SMILES string of the molecule is CCCN(CCC(CN)CC(C)C)CCN(C)C. The van der Waals surface area contributed by atoms with Crippen LogP contribution in [0.4, 0.5) is 0 Å². The molecule has 0 radical (unpaired) electrons. The molecule has 3 nitrogen and oxygen atoms in total. The Labute approximate surface area is 115 Å². The summed E-state index contributed by atoms with van der Waals surface area (Å²) < 4.78 is 0. The average molecular weight is 257 g/mol. The van der Waals surface area contributed by atoms with Crippen molar-refractivity contribution in [2.45, 2.75) is 40.0 Å². The molecular weight excluding hydrogens is 222 g/mol. The van der Waals surface area contributed by atoms with Gasteiger partial charge in [0.15, 0.2) is 0 Å². The minimum Gasteiger partial charge on any atom is -0.330 e. The smallest absolute Gasteiger partial charge is 0.0109 e. The van der Waals surface area contributed by atoms with Crippen LogP contribution in [0.25, 0.3) is 0 Å². The molecule has 110 valence electrons. The van der Waals surface area contributed by atoms with Gasteiger partial charge in [0.25, 0.3) is 0 Å². The fourth-order valence-electron chi connectivity index (χ4n) is 2.36. The van der Waals surface area contributed by atoms with Gasteiger partial charge >= 0.3 is 0 Å². The van der Waals surface area contributed by atoms with Gasteiger partial charge in [-0.3, -0.25) is 0 Å². The molecule has 0 saturated heterocycles. The van der Waals surface area contributed by atoms with Crippen molar-refractivity contribution in [1.29, 1.82) is 0 Å². The molecule has 0 heterocycles. The number of nitrogens with zero attached hydrogens (tertiary/aromatic N) is 2. The second kappa shape index (κ2) is 10.8. The van der Waals surface area contributed by atoms with E-state index in [0.29, 0.717) is 5.92 Å². The van der Waals surface area contributed by atoms with Gasteiger partial charge in [-0.2, -0.15) is 0 Å². The molecule has 18 heavy (non-hydrogen) atoms. The summed E-state index contributed by atoms with van der Waals surface area (Å²) in [5.74, 6) is 1.46. The largest absolute Gasteiger partial charge is 0.330 e. The summed E-state index contributed by atoms with van der Waals surface area (Å²) in [5, 5.41) is 0. The number of nitrogens with two attached hydrogens (primary N) is 1.